The van der Waals surface area contributed by atoms with E-state index in [2.05, 4.69) is 4.37 Å². The van der Waals surface area contributed by atoms with Crippen LogP contribution in [0.15, 0.2) is 36.4 Å². The summed E-state index contributed by atoms with van der Waals surface area (Å²) in [7, 11) is 0. The molecule has 0 aliphatic heterocycles. The van der Waals surface area contributed by atoms with Gasteiger partial charge in [0.15, 0.2) is 0 Å². The number of carbonyl (C=O) groups is 1. The van der Waals surface area contributed by atoms with Gasteiger partial charge in [-0.3, -0.25) is 4.79 Å². The number of hydrogen-bond acceptors (Lipinski definition) is 4. The molecule has 28 heavy (non-hydrogen) atoms. The highest BCUT2D eigenvalue weighted by Crippen LogP contribution is 2.35. The molecule has 0 unspecified atom stereocenters. The number of carboxylic acids is 1. The van der Waals surface area contributed by atoms with Crippen molar-refractivity contribution in [1.29, 1.82) is 0 Å². The van der Waals surface area contributed by atoms with Crippen LogP contribution in [0.2, 0.25) is 10.2 Å². The number of aryl methyl sites for hydroxylation is 1. The van der Waals surface area contributed by atoms with Crippen molar-refractivity contribution in [3.63, 3.8) is 0 Å². The van der Waals surface area contributed by atoms with Crippen LogP contribution in [0.1, 0.15) is 28.7 Å². The topological polar surface area (TPSA) is 59.4 Å². The maximum absolute atomic E-state index is 10.8. The van der Waals surface area contributed by atoms with E-state index in [9.17, 15) is 4.79 Å². The third kappa shape index (κ3) is 4.66. The van der Waals surface area contributed by atoms with Gasteiger partial charge >= 0.3 is 5.97 Å². The third-order valence-electron chi connectivity index (χ3n) is 4.66. The highest BCUT2D eigenvalue weighted by atomic mass is 35.5. The smallest absolute Gasteiger partial charge is 0.303 e. The first kappa shape index (κ1) is 20.6. The van der Waals surface area contributed by atoms with Crippen molar-refractivity contribution in [2.45, 2.75) is 33.3 Å². The Morgan fingerprint density at radius 1 is 1.18 bits per heavy atom. The molecule has 3 aromatic rings. The summed E-state index contributed by atoms with van der Waals surface area (Å²) in [5.74, 6) is -0.0543. The molecule has 0 atom stereocenters. The first-order valence-electron chi connectivity index (χ1n) is 8.70. The quantitative estimate of drug-likeness (QED) is 0.470. The fourth-order valence-corrected chi connectivity index (χ4v) is 4.22. The lowest BCUT2D eigenvalue weighted by Crippen LogP contribution is -2.03. The molecule has 0 spiro atoms. The maximum atomic E-state index is 10.8. The number of benzene rings is 2. The zero-order valence-electron chi connectivity index (χ0n) is 15.5. The SMILES string of the molecule is Cc1c(CCC(=O)O)ccc(OCc2c(Cl)nsc2-c2cccc(Cl)c2)c1C. The Kier molecular flexibility index (Phi) is 6.60. The van der Waals surface area contributed by atoms with Gasteiger partial charge < -0.3 is 9.84 Å². The Morgan fingerprint density at radius 2 is 1.96 bits per heavy atom. The zero-order valence-corrected chi connectivity index (χ0v) is 17.8. The fourth-order valence-electron chi connectivity index (χ4n) is 2.94. The first-order chi connectivity index (χ1) is 13.4. The van der Waals surface area contributed by atoms with Crippen molar-refractivity contribution in [2.75, 3.05) is 0 Å². The van der Waals surface area contributed by atoms with Crippen molar-refractivity contribution in [3.8, 4) is 16.2 Å². The molecule has 1 N–H and O–H groups in total. The largest absolute Gasteiger partial charge is 0.488 e. The van der Waals surface area contributed by atoms with Gasteiger partial charge in [0, 0.05) is 17.0 Å². The highest BCUT2D eigenvalue weighted by Gasteiger charge is 2.16. The molecule has 0 radical (unpaired) electrons. The van der Waals surface area contributed by atoms with Crippen LogP contribution in [-0.4, -0.2) is 15.4 Å². The summed E-state index contributed by atoms with van der Waals surface area (Å²) in [6.07, 6.45) is 0.612. The summed E-state index contributed by atoms with van der Waals surface area (Å²) < 4.78 is 10.3. The Morgan fingerprint density at radius 3 is 2.68 bits per heavy atom. The second-order valence-electron chi connectivity index (χ2n) is 6.45. The second-order valence-corrected chi connectivity index (χ2v) is 8.01. The van der Waals surface area contributed by atoms with Crippen molar-refractivity contribution in [1.82, 2.24) is 4.37 Å². The zero-order chi connectivity index (χ0) is 20.3. The van der Waals surface area contributed by atoms with E-state index >= 15 is 0 Å². The van der Waals surface area contributed by atoms with Crippen LogP contribution in [-0.2, 0) is 17.8 Å². The molecule has 1 aromatic heterocycles. The van der Waals surface area contributed by atoms with E-state index in [-0.39, 0.29) is 13.0 Å². The number of carboxylic acid groups (broad SMARTS) is 1. The summed E-state index contributed by atoms with van der Waals surface area (Å²) >= 11 is 13.7. The molecule has 0 saturated carbocycles. The summed E-state index contributed by atoms with van der Waals surface area (Å²) in [6.45, 7) is 4.24. The molecule has 0 aliphatic rings. The molecule has 0 aliphatic carbocycles. The van der Waals surface area contributed by atoms with E-state index in [4.69, 9.17) is 33.0 Å². The molecule has 7 heteroatoms. The summed E-state index contributed by atoms with van der Waals surface area (Å²) in [5, 5.41) is 9.97. The molecule has 1 heterocycles. The van der Waals surface area contributed by atoms with Gasteiger partial charge in [-0.2, -0.15) is 4.37 Å². The van der Waals surface area contributed by atoms with Gasteiger partial charge in [-0.1, -0.05) is 41.4 Å². The molecule has 146 valence electrons. The Hall–Kier alpha value is -2.08. The molecule has 0 bridgehead atoms. The molecule has 2 aromatic carbocycles. The van der Waals surface area contributed by atoms with E-state index in [1.165, 1.54) is 11.5 Å². The van der Waals surface area contributed by atoms with Gasteiger partial charge in [0.2, 0.25) is 0 Å². The maximum Gasteiger partial charge on any atom is 0.303 e. The van der Waals surface area contributed by atoms with Crippen LogP contribution in [0.3, 0.4) is 0 Å². The average molecular weight is 436 g/mol. The van der Waals surface area contributed by atoms with Crippen LogP contribution in [0.5, 0.6) is 5.75 Å². The van der Waals surface area contributed by atoms with Gasteiger partial charge in [0.1, 0.15) is 17.5 Å². The van der Waals surface area contributed by atoms with E-state index in [1.807, 2.05) is 50.2 Å². The molecular formula is C21H19Cl2NO3S. The van der Waals surface area contributed by atoms with Gasteiger partial charge in [-0.05, 0) is 72.3 Å². The minimum absolute atomic E-state index is 0.111. The van der Waals surface area contributed by atoms with Gasteiger partial charge in [0.25, 0.3) is 0 Å². The Balaban J connectivity index is 1.81. The van der Waals surface area contributed by atoms with E-state index < -0.39 is 5.97 Å². The predicted octanol–water partition coefficient (Wildman–Crippen LogP) is 6.33. The Labute approximate surface area is 177 Å². The van der Waals surface area contributed by atoms with Crippen LogP contribution < -0.4 is 4.74 Å². The van der Waals surface area contributed by atoms with Crippen LogP contribution in [0, 0.1) is 13.8 Å². The summed E-state index contributed by atoms with van der Waals surface area (Å²) in [4.78, 5) is 11.8. The lowest BCUT2D eigenvalue weighted by atomic mass is 9.99. The minimum atomic E-state index is -0.800. The van der Waals surface area contributed by atoms with Crippen LogP contribution in [0.4, 0.5) is 0 Å². The number of hydrogen-bond donors (Lipinski definition) is 1. The molecule has 3 rings (SSSR count). The van der Waals surface area contributed by atoms with Crippen molar-refractivity contribution >= 4 is 40.7 Å². The minimum Gasteiger partial charge on any atom is -0.488 e. The van der Waals surface area contributed by atoms with E-state index in [0.29, 0.717) is 16.6 Å². The summed E-state index contributed by atoms with van der Waals surface area (Å²) in [6, 6.07) is 11.4. The van der Waals surface area contributed by atoms with E-state index in [0.717, 1.165) is 38.4 Å². The third-order valence-corrected chi connectivity index (χ3v) is 6.24. The number of nitrogens with zero attached hydrogens (tertiary/aromatic N) is 1. The Bertz CT molecular complexity index is 1020. The number of rotatable bonds is 7. The predicted molar refractivity (Wildman–Crippen MR) is 114 cm³/mol. The fraction of sp³-hybridized carbons (Fsp3) is 0.238. The van der Waals surface area contributed by atoms with E-state index in [1.54, 1.807) is 0 Å². The molecule has 0 amide bonds. The lowest BCUT2D eigenvalue weighted by Gasteiger charge is -2.14. The van der Waals surface area contributed by atoms with Gasteiger partial charge in [0.05, 0.1) is 4.88 Å². The number of aromatic nitrogens is 1. The van der Waals surface area contributed by atoms with Crippen LogP contribution >= 0.6 is 34.7 Å². The standard InChI is InChI=1S/C21H19Cl2NO3S/c1-12-13(2)18(8-6-14(12)7-9-19(25)26)27-11-17-20(28-24-21(17)23)15-4-3-5-16(22)10-15/h3-6,8,10H,7,9,11H2,1-2H3,(H,25,26). The second kappa shape index (κ2) is 8.95. The molecule has 0 saturated heterocycles. The first-order valence-corrected chi connectivity index (χ1v) is 10.2. The lowest BCUT2D eigenvalue weighted by molar-refractivity contribution is -0.136. The average Bonchev–Trinajstić information content (AvgIpc) is 3.02. The number of aliphatic carboxylic acids is 1. The van der Waals surface area contributed by atoms with Gasteiger partial charge in [-0.15, -0.1) is 0 Å². The number of halogens is 2. The monoisotopic (exact) mass is 435 g/mol. The number of ether oxygens (including phenoxy) is 1. The van der Waals surface area contributed by atoms with Crippen molar-refractivity contribution < 1.29 is 14.6 Å². The molecule has 4 nitrogen and oxygen atoms in total. The van der Waals surface area contributed by atoms with Gasteiger partial charge in [-0.25, -0.2) is 0 Å². The van der Waals surface area contributed by atoms with Crippen molar-refractivity contribution in [2.24, 2.45) is 0 Å². The summed E-state index contributed by atoms with van der Waals surface area (Å²) in [5.41, 5.74) is 4.82. The van der Waals surface area contributed by atoms with Crippen LogP contribution in [0.25, 0.3) is 10.4 Å². The molecule has 0 fully saturated rings. The molecular weight excluding hydrogens is 417 g/mol. The normalized spacial score (nSPS) is 10.9. The highest BCUT2D eigenvalue weighted by molar-refractivity contribution is 7.10. The van der Waals surface area contributed by atoms with Crippen molar-refractivity contribution in [3.05, 3.63) is 68.8 Å².